The Morgan fingerprint density at radius 2 is 1.81 bits per heavy atom. The summed E-state index contributed by atoms with van der Waals surface area (Å²) in [6.07, 6.45) is 8.89. The van der Waals surface area contributed by atoms with Gasteiger partial charge in [-0.3, -0.25) is 9.69 Å². The molecule has 0 aromatic heterocycles. The lowest BCUT2D eigenvalue weighted by Gasteiger charge is -2.40. The maximum Gasteiger partial charge on any atom is 0.153 e. The van der Waals surface area contributed by atoms with Crippen LogP contribution in [-0.4, -0.2) is 30.3 Å². The molecule has 0 aliphatic heterocycles. The van der Waals surface area contributed by atoms with E-state index in [0.29, 0.717) is 11.7 Å². The first-order valence-electron chi connectivity index (χ1n) is 8.42. The van der Waals surface area contributed by atoms with Crippen LogP contribution in [0.2, 0.25) is 0 Å². The van der Waals surface area contributed by atoms with Gasteiger partial charge in [0.1, 0.15) is 0 Å². The summed E-state index contributed by atoms with van der Waals surface area (Å²) in [6, 6.07) is 8.60. The van der Waals surface area contributed by atoms with E-state index in [1.165, 1.54) is 36.8 Å². The number of hydrogen-bond donors (Lipinski definition) is 0. The number of rotatable bonds is 4. The van der Waals surface area contributed by atoms with E-state index in [4.69, 9.17) is 0 Å². The van der Waals surface area contributed by atoms with Crippen molar-refractivity contribution in [2.75, 3.05) is 14.1 Å². The second kappa shape index (κ2) is 5.92. The standard InChI is InChI=1S/C19H27NO/c1-20(2)19(11-7-3-4-8-12-19)18(21)14-16-13-15-9-5-6-10-17(15)16/h5-6,9-10,16H,3-4,7-8,11-14H2,1-2H3. The average molecular weight is 285 g/mol. The molecule has 2 aliphatic rings. The highest BCUT2D eigenvalue weighted by Crippen LogP contribution is 2.41. The number of fused-ring (bicyclic) bond motifs is 1. The van der Waals surface area contributed by atoms with E-state index in [1.807, 2.05) is 0 Å². The third kappa shape index (κ3) is 2.66. The molecule has 1 atom stereocenters. The van der Waals surface area contributed by atoms with Crippen molar-refractivity contribution in [3.05, 3.63) is 35.4 Å². The van der Waals surface area contributed by atoms with Gasteiger partial charge in [0.2, 0.25) is 0 Å². The van der Waals surface area contributed by atoms with Crippen molar-refractivity contribution in [1.29, 1.82) is 0 Å². The predicted octanol–water partition coefficient (Wildman–Crippen LogP) is 3.94. The van der Waals surface area contributed by atoms with E-state index in [1.54, 1.807) is 0 Å². The predicted molar refractivity (Wildman–Crippen MR) is 86.6 cm³/mol. The molecule has 1 aromatic rings. The van der Waals surface area contributed by atoms with E-state index in [0.717, 1.165) is 25.7 Å². The molecule has 3 rings (SSSR count). The van der Waals surface area contributed by atoms with Gasteiger partial charge in [-0.05, 0) is 50.4 Å². The molecule has 2 aliphatic carbocycles. The summed E-state index contributed by atoms with van der Waals surface area (Å²) >= 11 is 0. The molecule has 0 saturated heterocycles. The third-order valence-electron chi connectivity index (χ3n) is 5.70. The van der Waals surface area contributed by atoms with Crippen molar-refractivity contribution >= 4 is 5.78 Å². The van der Waals surface area contributed by atoms with Crippen LogP contribution in [0, 0.1) is 0 Å². The molecule has 0 radical (unpaired) electrons. The van der Waals surface area contributed by atoms with Crippen molar-refractivity contribution in [3.8, 4) is 0 Å². The molecule has 0 amide bonds. The Bertz CT molecular complexity index is 512. The molecule has 21 heavy (non-hydrogen) atoms. The molecule has 2 heteroatoms. The Labute approximate surface area is 128 Å². The summed E-state index contributed by atoms with van der Waals surface area (Å²) in [6.45, 7) is 0. The van der Waals surface area contributed by atoms with Gasteiger partial charge in [0.25, 0.3) is 0 Å². The molecular formula is C19H27NO. The normalized spacial score (nSPS) is 24.0. The third-order valence-corrected chi connectivity index (χ3v) is 5.70. The van der Waals surface area contributed by atoms with Gasteiger partial charge in [-0.2, -0.15) is 0 Å². The average Bonchev–Trinajstić information content (AvgIpc) is 2.71. The van der Waals surface area contributed by atoms with Gasteiger partial charge in [0, 0.05) is 6.42 Å². The van der Waals surface area contributed by atoms with E-state index in [-0.39, 0.29) is 5.54 Å². The molecule has 1 saturated carbocycles. The second-order valence-electron chi connectivity index (χ2n) is 7.07. The van der Waals surface area contributed by atoms with Crippen LogP contribution in [0.25, 0.3) is 0 Å². The number of carbonyl (C=O) groups excluding carboxylic acids is 1. The van der Waals surface area contributed by atoms with Gasteiger partial charge in [-0.1, -0.05) is 49.9 Å². The maximum atomic E-state index is 13.1. The largest absolute Gasteiger partial charge is 0.298 e. The lowest BCUT2D eigenvalue weighted by atomic mass is 9.71. The van der Waals surface area contributed by atoms with Crippen LogP contribution < -0.4 is 0 Å². The number of carbonyl (C=O) groups is 1. The fourth-order valence-electron chi connectivity index (χ4n) is 4.25. The van der Waals surface area contributed by atoms with Crippen molar-refractivity contribution in [2.45, 2.75) is 62.8 Å². The summed E-state index contributed by atoms with van der Waals surface area (Å²) in [5, 5.41) is 0. The molecule has 0 spiro atoms. The minimum absolute atomic E-state index is 0.193. The van der Waals surface area contributed by atoms with Crippen molar-refractivity contribution in [2.24, 2.45) is 0 Å². The van der Waals surface area contributed by atoms with Crippen LogP contribution in [0.3, 0.4) is 0 Å². The summed E-state index contributed by atoms with van der Waals surface area (Å²) in [7, 11) is 4.19. The quantitative estimate of drug-likeness (QED) is 0.781. The lowest BCUT2D eigenvalue weighted by Crippen LogP contribution is -2.51. The van der Waals surface area contributed by atoms with E-state index >= 15 is 0 Å². The van der Waals surface area contributed by atoms with Crippen LogP contribution in [0.15, 0.2) is 24.3 Å². The van der Waals surface area contributed by atoms with Gasteiger partial charge >= 0.3 is 0 Å². The van der Waals surface area contributed by atoms with Gasteiger partial charge in [-0.15, -0.1) is 0 Å². The van der Waals surface area contributed by atoms with Crippen LogP contribution in [0.5, 0.6) is 0 Å². The summed E-state index contributed by atoms with van der Waals surface area (Å²) in [4.78, 5) is 15.3. The topological polar surface area (TPSA) is 20.3 Å². The first-order valence-corrected chi connectivity index (χ1v) is 8.42. The highest BCUT2D eigenvalue weighted by atomic mass is 16.1. The van der Waals surface area contributed by atoms with Gasteiger partial charge in [0.15, 0.2) is 5.78 Å². The molecule has 2 nitrogen and oxygen atoms in total. The molecule has 1 unspecified atom stereocenters. The smallest absolute Gasteiger partial charge is 0.153 e. The number of likely N-dealkylation sites (N-methyl/N-ethyl adjacent to an activating group) is 1. The Hall–Kier alpha value is -1.15. The van der Waals surface area contributed by atoms with Gasteiger partial charge in [0.05, 0.1) is 5.54 Å². The molecule has 1 fully saturated rings. The Morgan fingerprint density at radius 3 is 2.43 bits per heavy atom. The van der Waals surface area contributed by atoms with Crippen molar-refractivity contribution < 1.29 is 4.79 Å². The first kappa shape index (κ1) is 14.8. The van der Waals surface area contributed by atoms with Crippen LogP contribution >= 0.6 is 0 Å². The van der Waals surface area contributed by atoms with Crippen LogP contribution in [0.1, 0.15) is 62.0 Å². The van der Waals surface area contributed by atoms with E-state index in [9.17, 15) is 4.79 Å². The highest BCUT2D eigenvalue weighted by Gasteiger charge is 2.42. The molecule has 0 bridgehead atoms. The molecular weight excluding hydrogens is 258 g/mol. The van der Waals surface area contributed by atoms with Crippen molar-refractivity contribution in [3.63, 3.8) is 0 Å². The number of Topliss-reactive ketones (excluding diaryl/α,β-unsaturated/α-hetero) is 1. The van der Waals surface area contributed by atoms with Gasteiger partial charge < -0.3 is 0 Å². The fraction of sp³-hybridized carbons (Fsp3) is 0.632. The second-order valence-corrected chi connectivity index (χ2v) is 7.07. The summed E-state index contributed by atoms with van der Waals surface area (Å²) < 4.78 is 0. The van der Waals surface area contributed by atoms with Crippen molar-refractivity contribution in [1.82, 2.24) is 4.90 Å². The molecule has 1 aromatic carbocycles. The Morgan fingerprint density at radius 1 is 1.14 bits per heavy atom. The zero-order valence-corrected chi connectivity index (χ0v) is 13.4. The number of nitrogens with zero attached hydrogens (tertiary/aromatic N) is 1. The zero-order chi connectivity index (χ0) is 14.9. The molecule has 0 N–H and O–H groups in total. The number of benzene rings is 1. The monoisotopic (exact) mass is 285 g/mol. The molecule has 114 valence electrons. The first-order chi connectivity index (χ1) is 10.1. The Balaban J connectivity index is 1.74. The summed E-state index contributed by atoms with van der Waals surface area (Å²) in [5.74, 6) is 0.947. The minimum atomic E-state index is -0.193. The van der Waals surface area contributed by atoms with E-state index < -0.39 is 0 Å². The number of ketones is 1. The minimum Gasteiger partial charge on any atom is -0.298 e. The lowest BCUT2D eigenvalue weighted by molar-refractivity contribution is -0.131. The fourth-order valence-corrected chi connectivity index (χ4v) is 4.25. The highest BCUT2D eigenvalue weighted by molar-refractivity contribution is 5.89. The maximum absolute atomic E-state index is 13.1. The molecule has 0 heterocycles. The summed E-state index contributed by atoms with van der Waals surface area (Å²) in [5.41, 5.74) is 2.66. The van der Waals surface area contributed by atoms with Crippen LogP contribution in [-0.2, 0) is 11.2 Å². The zero-order valence-electron chi connectivity index (χ0n) is 13.4. The van der Waals surface area contributed by atoms with Gasteiger partial charge in [-0.25, -0.2) is 0 Å². The van der Waals surface area contributed by atoms with Crippen LogP contribution in [0.4, 0.5) is 0 Å². The SMILES string of the molecule is CN(C)C1(C(=O)CC2Cc3ccccc32)CCCCCC1. The number of hydrogen-bond acceptors (Lipinski definition) is 2. The Kier molecular flexibility index (Phi) is 4.17. The van der Waals surface area contributed by atoms with E-state index in [2.05, 4.69) is 43.3 Å².